The molecule has 1 heterocycles. The van der Waals surface area contributed by atoms with Crippen molar-refractivity contribution in [2.75, 3.05) is 6.61 Å². The Hall–Kier alpha value is -2.07. The zero-order valence-electron chi connectivity index (χ0n) is 11.7. The van der Waals surface area contributed by atoms with Gasteiger partial charge in [-0.25, -0.2) is 0 Å². The molecule has 0 aliphatic carbocycles. The predicted octanol–water partition coefficient (Wildman–Crippen LogP) is 2.87. The molecular weight excluding hydrogens is 254 g/mol. The average molecular weight is 273 g/mol. The molecule has 0 aliphatic heterocycles. The van der Waals surface area contributed by atoms with E-state index >= 15 is 0 Å². The zero-order chi connectivity index (χ0) is 14.5. The Morgan fingerprint density at radius 3 is 2.45 bits per heavy atom. The van der Waals surface area contributed by atoms with Crippen LogP contribution in [0, 0.1) is 0 Å². The Labute approximate surface area is 118 Å². The fourth-order valence-electron chi connectivity index (χ4n) is 1.96. The Morgan fingerprint density at radius 2 is 1.95 bits per heavy atom. The molecule has 0 fully saturated rings. The van der Waals surface area contributed by atoms with Crippen LogP contribution >= 0.6 is 0 Å². The molecule has 2 aromatic rings. The summed E-state index contributed by atoms with van der Waals surface area (Å²) in [5, 5.41) is 12.1. The number of nitrogens with one attached hydrogen (secondary N) is 1. The topological polar surface area (TPSA) is 62.5 Å². The minimum Gasteiger partial charge on any atom is -0.467 e. The van der Waals surface area contributed by atoms with Crippen LogP contribution in [0.5, 0.6) is 0 Å². The van der Waals surface area contributed by atoms with Crippen LogP contribution < -0.4 is 5.32 Å². The van der Waals surface area contributed by atoms with E-state index in [1.165, 1.54) is 11.8 Å². The third-order valence-electron chi connectivity index (χ3n) is 3.21. The first-order valence-corrected chi connectivity index (χ1v) is 6.67. The van der Waals surface area contributed by atoms with Crippen molar-refractivity contribution in [2.45, 2.75) is 25.8 Å². The number of aliphatic hydroxyl groups is 1. The van der Waals surface area contributed by atoms with Gasteiger partial charge in [0.05, 0.1) is 12.9 Å². The lowest BCUT2D eigenvalue weighted by Crippen LogP contribution is -2.30. The molecule has 2 N–H and O–H groups in total. The molecule has 0 radical (unpaired) electrons. The fourth-order valence-corrected chi connectivity index (χ4v) is 1.96. The van der Waals surface area contributed by atoms with E-state index in [9.17, 15) is 9.90 Å². The molecule has 0 saturated carbocycles. The first kappa shape index (κ1) is 14.3. The van der Waals surface area contributed by atoms with Crippen LogP contribution in [0.4, 0.5) is 0 Å². The maximum Gasteiger partial charge on any atom is 0.251 e. The Balaban J connectivity index is 2.07. The molecule has 1 unspecified atom stereocenters. The number of hydrogen-bond donors (Lipinski definition) is 2. The molecule has 0 bridgehead atoms. The molecule has 4 nitrogen and oxygen atoms in total. The van der Waals surface area contributed by atoms with Crippen LogP contribution in [0.1, 0.15) is 47.5 Å². The quantitative estimate of drug-likeness (QED) is 0.880. The number of carbonyl (C=O) groups excluding carboxylic acids is 1. The van der Waals surface area contributed by atoms with E-state index in [4.69, 9.17) is 4.42 Å². The van der Waals surface area contributed by atoms with Crippen LogP contribution in [0.3, 0.4) is 0 Å². The molecular formula is C16H19NO3. The van der Waals surface area contributed by atoms with Crippen molar-refractivity contribution >= 4 is 5.91 Å². The van der Waals surface area contributed by atoms with Gasteiger partial charge >= 0.3 is 0 Å². The van der Waals surface area contributed by atoms with E-state index < -0.39 is 6.04 Å². The molecule has 0 saturated heterocycles. The van der Waals surface area contributed by atoms with Crippen molar-refractivity contribution in [3.8, 4) is 0 Å². The summed E-state index contributed by atoms with van der Waals surface area (Å²) in [6.45, 7) is 4.00. The average Bonchev–Trinajstić information content (AvgIpc) is 2.98. The minimum absolute atomic E-state index is 0.205. The lowest BCUT2D eigenvalue weighted by Gasteiger charge is -2.14. The zero-order valence-corrected chi connectivity index (χ0v) is 11.7. The summed E-state index contributed by atoms with van der Waals surface area (Å²) in [6.07, 6.45) is 1.52. The molecule has 106 valence electrons. The van der Waals surface area contributed by atoms with Gasteiger partial charge in [-0.05, 0) is 35.7 Å². The van der Waals surface area contributed by atoms with Gasteiger partial charge in [-0.15, -0.1) is 0 Å². The largest absolute Gasteiger partial charge is 0.467 e. The van der Waals surface area contributed by atoms with Gasteiger partial charge in [-0.2, -0.15) is 0 Å². The third kappa shape index (κ3) is 3.27. The third-order valence-corrected chi connectivity index (χ3v) is 3.21. The summed E-state index contributed by atoms with van der Waals surface area (Å²) in [6, 6.07) is 10.4. The number of carbonyl (C=O) groups is 1. The number of amides is 1. The van der Waals surface area contributed by atoms with E-state index in [-0.39, 0.29) is 12.5 Å². The Kier molecular flexibility index (Phi) is 4.58. The van der Waals surface area contributed by atoms with E-state index in [2.05, 4.69) is 19.2 Å². The van der Waals surface area contributed by atoms with Gasteiger partial charge < -0.3 is 14.8 Å². The molecule has 2 rings (SSSR count). The fraction of sp³-hybridized carbons (Fsp3) is 0.312. The maximum absolute atomic E-state index is 12.1. The highest BCUT2D eigenvalue weighted by atomic mass is 16.3. The first-order valence-electron chi connectivity index (χ1n) is 6.67. The number of benzene rings is 1. The molecule has 1 aromatic heterocycles. The SMILES string of the molecule is CC(C)c1ccc(C(=O)NC(CO)c2ccco2)cc1. The first-order chi connectivity index (χ1) is 9.61. The van der Waals surface area contributed by atoms with E-state index in [1.54, 1.807) is 24.3 Å². The van der Waals surface area contributed by atoms with Crippen LogP contribution in [0.15, 0.2) is 47.1 Å². The number of aliphatic hydroxyl groups excluding tert-OH is 1. The molecule has 1 amide bonds. The highest BCUT2D eigenvalue weighted by molar-refractivity contribution is 5.94. The van der Waals surface area contributed by atoms with Crippen molar-refractivity contribution < 1.29 is 14.3 Å². The second kappa shape index (κ2) is 6.39. The summed E-state index contributed by atoms with van der Waals surface area (Å²) < 4.78 is 5.20. The van der Waals surface area contributed by atoms with Gasteiger partial charge in [0.25, 0.3) is 5.91 Å². The summed E-state index contributed by atoms with van der Waals surface area (Å²) in [4.78, 5) is 12.1. The lowest BCUT2D eigenvalue weighted by molar-refractivity contribution is 0.0907. The van der Waals surface area contributed by atoms with Gasteiger partial charge in [-0.1, -0.05) is 26.0 Å². The Morgan fingerprint density at radius 1 is 1.25 bits per heavy atom. The van der Waals surface area contributed by atoms with Gasteiger partial charge in [0, 0.05) is 5.56 Å². The number of rotatable bonds is 5. The highest BCUT2D eigenvalue weighted by Gasteiger charge is 2.17. The van der Waals surface area contributed by atoms with Crippen molar-refractivity contribution in [1.29, 1.82) is 0 Å². The number of hydrogen-bond acceptors (Lipinski definition) is 3. The lowest BCUT2D eigenvalue weighted by atomic mass is 10.0. The van der Waals surface area contributed by atoms with Crippen molar-refractivity contribution in [3.63, 3.8) is 0 Å². The summed E-state index contributed by atoms with van der Waals surface area (Å²) >= 11 is 0. The van der Waals surface area contributed by atoms with Crippen molar-refractivity contribution in [1.82, 2.24) is 5.32 Å². The highest BCUT2D eigenvalue weighted by Crippen LogP contribution is 2.16. The number of furan rings is 1. The maximum atomic E-state index is 12.1. The van der Waals surface area contributed by atoms with E-state index in [1.807, 2.05) is 12.1 Å². The van der Waals surface area contributed by atoms with Gasteiger partial charge in [0.15, 0.2) is 0 Å². The summed E-state index contributed by atoms with van der Waals surface area (Å²) in [5.41, 5.74) is 1.76. The van der Waals surface area contributed by atoms with Crippen molar-refractivity contribution in [2.24, 2.45) is 0 Å². The van der Waals surface area contributed by atoms with Crippen molar-refractivity contribution in [3.05, 3.63) is 59.5 Å². The van der Waals surface area contributed by atoms with Crippen LogP contribution in [0.25, 0.3) is 0 Å². The Bertz CT molecular complexity index is 544. The van der Waals surface area contributed by atoms with Gasteiger partial charge in [-0.3, -0.25) is 4.79 Å². The standard InChI is InChI=1S/C16H19NO3/c1-11(2)12-5-7-13(8-6-12)16(19)17-14(10-18)15-4-3-9-20-15/h3-9,11,14,18H,10H2,1-2H3,(H,17,19). The van der Waals surface area contributed by atoms with E-state index in [0.717, 1.165) is 0 Å². The van der Waals surface area contributed by atoms with Crippen LogP contribution in [-0.4, -0.2) is 17.6 Å². The van der Waals surface area contributed by atoms with Gasteiger partial charge in [0.2, 0.25) is 0 Å². The molecule has 20 heavy (non-hydrogen) atoms. The monoisotopic (exact) mass is 273 g/mol. The molecule has 1 aromatic carbocycles. The smallest absolute Gasteiger partial charge is 0.251 e. The van der Waals surface area contributed by atoms with E-state index in [0.29, 0.717) is 17.2 Å². The second-order valence-corrected chi connectivity index (χ2v) is 5.00. The summed E-state index contributed by atoms with van der Waals surface area (Å²) in [5.74, 6) is 0.746. The second-order valence-electron chi connectivity index (χ2n) is 5.00. The molecule has 0 aliphatic rings. The summed E-state index contributed by atoms with van der Waals surface area (Å²) in [7, 11) is 0. The normalized spacial score (nSPS) is 12.4. The van der Waals surface area contributed by atoms with Crippen LogP contribution in [-0.2, 0) is 0 Å². The minimum atomic E-state index is -0.526. The van der Waals surface area contributed by atoms with Crippen LogP contribution in [0.2, 0.25) is 0 Å². The molecule has 0 spiro atoms. The van der Waals surface area contributed by atoms with Gasteiger partial charge in [0.1, 0.15) is 11.8 Å². The molecule has 1 atom stereocenters. The molecule has 4 heteroatoms. The predicted molar refractivity (Wildman–Crippen MR) is 76.5 cm³/mol.